The monoisotopic (exact) mass is 428 g/mol. The van der Waals surface area contributed by atoms with Crippen LogP contribution in [0.2, 0.25) is 0 Å². The number of hydrogen-bond donors (Lipinski definition) is 3. The molecule has 0 spiro atoms. The van der Waals surface area contributed by atoms with Crippen molar-refractivity contribution in [3.8, 4) is 11.8 Å². The fourth-order valence-electron chi connectivity index (χ4n) is 3.73. The van der Waals surface area contributed by atoms with E-state index >= 15 is 4.39 Å². The smallest absolute Gasteiger partial charge is 0.310 e. The minimum atomic E-state index is -4.94. The first-order valence-electron chi connectivity index (χ1n) is 9.70. The van der Waals surface area contributed by atoms with Crippen molar-refractivity contribution in [2.24, 2.45) is 5.92 Å². The normalized spacial score (nSPS) is 20.5. The fraction of sp³-hybridized carbons (Fsp3) is 0.273. The lowest BCUT2D eigenvalue weighted by Gasteiger charge is -2.37. The number of carbonyl (C=O) groups is 1. The predicted octanol–water partition coefficient (Wildman–Crippen LogP) is 4.60. The van der Waals surface area contributed by atoms with Crippen molar-refractivity contribution < 1.29 is 22.4 Å². The van der Waals surface area contributed by atoms with E-state index in [9.17, 15) is 18.0 Å². The fourth-order valence-corrected chi connectivity index (χ4v) is 3.73. The second-order valence-electron chi connectivity index (χ2n) is 7.76. The molecule has 3 aromatic rings. The molecule has 0 radical (unpaired) electrons. The third kappa shape index (κ3) is 3.28. The van der Waals surface area contributed by atoms with E-state index in [0.29, 0.717) is 24.1 Å². The Balaban J connectivity index is 1.61. The summed E-state index contributed by atoms with van der Waals surface area (Å²) in [5.74, 6) is 3.83. The number of hydrogen-bond acceptors (Lipinski definition) is 2. The van der Waals surface area contributed by atoms with Crippen molar-refractivity contribution >= 4 is 22.6 Å². The number of rotatable bonds is 2. The van der Waals surface area contributed by atoms with E-state index in [1.54, 1.807) is 6.07 Å². The number of urea groups is 1. The molecule has 158 valence electrons. The largest absolute Gasteiger partial charge is 0.427 e. The van der Waals surface area contributed by atoms with Crippen LogP contribution in [0, 0.1) is 23.6 Å². The Morgan fingerprint density at radius 2 is 1.97 bits per heavy atom. The summed E-state index contributed by atoms with van der Waals surface area (Å²) in [4.78, 5) is 12.1. The molecule has 9 heteroatoms. The lowest BCUT2D eigenvalue weighted by Crippen LogP contribution is -2.59. The van der Waals surface area contributed by atoms with Gasteiger partial charge in [0, 0.05) is 34.7 Å². The second kappa shape index (κ2) is 6.74. The van der Waals surface area contributed by atoms with Crippen molar-refractivity contribution in [3.05, 3.63) is 59.0 Å². The molecule has 0 saturated heterocycles. The third-order valence-corrected chi connectivity index (χ3v) is 5.51. The van der Waals surface area contributed by atoms with Gasteiger partial charge in [-0.2, -0.15) is 18.3 Å². The maximum Gasteiger partial charge on any atom is 0.427 e. The third-order valence-electron chi connectivity index (χ3n) is 5.51. The number of H-pyrrole nitrogens is 1. The summed E-state index contributed by atoms with van der Waals surface area (Å²) in [6.45, 7) is 0. The molecule has 3 N–H and O–H groups in total. The number of alkyl halides is 3. The number of halogens is 4. The maximum atomic E-state index is 15.0. The summed E-state index contributed by atoms with van der Waals surface area (Å²) >= 11 is 0. The van der Waals surface area contributed by atoms with E-state index in [-0.39, 0.29) is 23.6 Å². The molecule has 1 aromatic heterocycles. The molecule has 2 amide bonds. The lowest BCUT2D eigenvalue weighted by molar-refractivity contribution is -0.178. The first-order valence-corrected chi connectivity index (χ1v) is 9.70. The Morgan fingerprint density at radius 3 is 2.71 bits per heavy atom. The lowest BCUT2D eigenvalue weighted by atomic mass is 9.85. The van der Waals surface area contributed by atoms with Gasteiger partial charge in [0.1, 0.15) is 5.82 Å². The number of benzene rings is 2. The molecule has 0 bridgehead atoms. The van der Waals surface area contributed by atoms with Crippen molar-refractivity contribution in [1.29, 1.82) is 0 Å². The number of aromatic amines is 1. The van der Waals surface area contributed by atoms with Gasteiger partial charge in [-0.1, -0.05) is 30.0 Å². The van der Waals surface area contributed by atoms with Crippen LogP contribution < -0.4 is 10.6 Å². The molecular formula is C22H16F4N4O. The molecule has 1 aliphatic carbocycles. The first-order chi connectivity index (χ1) is 14.8. The standard InChI is InChI=1S/C22H16F4N4O/c23-16-11-15-19(10-13(16)9-18-14-3-1-2-4-17(14)29-30-18)27-20(31)28-21(15,22(24,25)26)8-7-12-5-6-12/h1-4,10-12H,5-6,9H2,(H,29,30)(H2,27,28,31)/t21-/m0/s1. The van der Waals surface area contributed by atoms with Gasteiger partial charge in [0.2, 0.25) is 5.54 Å². The summed E-state index contributed by atoms with van der Waals surface area (Å²) in [6.07, 6.45) is -3.44. The van der Waals surface area contributed by atoms with Crippen LogP contribution in [0.15, 0.2) is 36.4 Å². The quantitative estimate of drug-likeness (QED) is 0.413. The zero-order valence-electron chi connectivity index (χ0n) is 16.0. The number of carbonyl (C=O) groups excluding carboxylic acids is 1. The van der Waals surface area contributed by atoms with Gasteiger partial charge in [-0.25, -0.2) is 9.18 Å². The number of anilines is 1. The van der Waals surface area contributed by atoms with E-state index in [2.05, 4.69) is 27.4 Å². The number of aromatic nitrogens is 2. The molecule has 2 heterocycles. The molecule has 1 saturated carbocycles. The van der Waals surface area contributed by atoms with Gasteiger partial charge in [0.25, 0.3) is 0 Å². The van der Waals surface area contributed by atoms with Crippen LogP contribution >= 0.6 is 0 Å². The van der Waals surface area contributed by atoms with E-state index in [4.69, 9.17) is 0 Å². The first kappa shape index (κ1) is 19.4. The van der Waals surface area contributed by atoms with Crippen molar-refractivity contribution in [2.75, 3.05) is 5.32 Å². The highest BCUT2D eigenvalue weighted by Crippen LogP contribution is 2.45. The van der Waals surface area contributed by atoms with Crippen LogP contribution in [0.25, 0.3) is 10.9 Å². The molecular weight excluding hydrogens is 412 g/mol. The Labute approximate surface area is 174 Å². The average Bonchev–Trinajstić information content (AvgIpc) is 3.46. The molecule has 31 heavy (non-hydrogen) atoms. The number of fused-ring (bicyclic) bond motifs is 2. The molecule has 2 aromatic carbocycles. The molecule has 2 aliphatic rings. The van der Waals surface area contributed by atoms with Crippen LogP contribution in [0.5, 0.6) is 0 Å². The maximum absolute atomic E-state index is 15.0. The number of nitrogens with zero attached hydrogens (tertiary/aromatic N) is 1. The summed E-state index contributed by atoms with van der Waals surface area (Å²) in [7, 11) is 0. The highest BCUT2D eigenvalue weighted by molar-refractivity contribution is 5.95. The second-order valence-corrected chi connectivity index (χ2v) is 7.76. The van der Waals surface area contributed by atoms with Crippen LogP contribution in [-0.4, -0.2) is 22.4 Å². The van der Waals surface area contributed by atoms with E-state index in [1.165, 1.54) is 6.07 Å². The Kier molecular flexibility index (Phi) is 4.22. The van der Waals surface area contributed by atoms with Crippen LogP contribution in [-0.2, 0) is 12.0 Å². The van der Waals surface area contributed by atoms with Crippen molar-refractivity contribution in [3.63, 3.8) is 0 Å². The molecule has 1 aliphatic heterocycles. The Bertz CT molecular complexity index is 1270. The summed E-state index contributed by atoms with van der Waals surface area (Å²) in [6, 6.07) is 8.24. The number of nitrogens with one attached hydrogen (secondary N) is 3. The minimum absolute atomic E-state index is 0.0652. The van der Waals surface area contributed by atoms with Gasteiger partial charge in [-0.05, 0) is 36.6 Å². The summed E-state index contributed by atoms with van der Waals surface area (Å²) in [5.41, 5.74) is -2.10. The van der Waals surface area contributed by atoms with Crippen molar-refractivity contribution in [2.45, 2.75) is 31.0 Å². The van der Waals surface area contributed by atoms with Gasteiger partial charge in [-0.15, -0.1) is 0 Å². The van der Waals surface area contributed by atoms with Gasteiger partial charge in [0.05, 0.1) is 5.52 Å². The molecule has 5 nitrogen and oxygen atoms in total. The molecule has 5 rings (SSSR count). The highest BCUT2D eigenvalue weighted by atomic mass is 19.4. The van der Waals surface area contributed by atoms with Crippen LogP contribution in [0.4, 0.5) is 28.0 Å². The van der Waals surface area contributed by atoms with Crippen LogP contribution in [0.1, 0.15) is 29.7 Å². The SMILES string of the molecule is O=C1Nc2cc(Cc3[nH]nc4ccccc34)c(F)cc2[C@@](C#CC2CC2)(C(F)(F)F)N1. The van der Waals surface area contributed by atoms with Gasteiger partial charge < -0.3 is 10.6 Å². The van der Waals surface area contributed by atoms with Crippen molar-refractivity contribution in [1.82, 2.24) is 15.5 Å². The highest BCUT2D eigenvalue weighted by Gasteiger charge is 2.59. The average molecular weight is 428 g/mol. The number of amides is 2. The predicted molar refractivity (Wildman–Crippen MR) is 106 cm³/mol. The molecule has 0 unspecified atom stereocenters. The zero-order valence-corrected chi connectivity index (χ0v) is 16.0. The Morgan fingerprint density at radius 1 is 1.19 bits per heavy atom. The van der Waals surface area contributed by atoms with Crippen LogP contribution in [0.3, 0.4) is 0 Å². The topological polar surface area (TPSA) is 69.8 Å². The van der Waals surface area contributed by atoms with Gasteiger partial charge in [-0.3, -0.25) is 5.10 Å². The van der Waals surface area contributed by atoms with Gasteiger partial charge in [0.15, 0.2) is 0 Å². The van der Waals surface area contributed by atoms with E-state index in [1.807, 2.05) is 23.5 Å². The van der Waals surface area contributed by atoms with E-state index < -0.39 is 29.1 Å². The van der Waals surface area contributed by atoms with E-state index in [0.717, 1.165) is 11.5 Å². The number of para-hydroxylation sites is 1. The Hall–Kier alpha value is -3.54. The molecule has 1 fully saturated rings. The van der Waals surface area contributed by atoms with Gasteiger partial charge >= 0.3 is 12.2 Å². The minimum Gasteiger partial charge on any atom is -0.310 e. The summed E-state index contributed by atoms with van der Waals surface area (Å²) in [5, 5.41) is 12.0. The zero-order chi connectivity index (χ0) is 21.8. The molecule has 1 atom stereocenters. The summed E-state index contributed by atoms with van der Waals surface area (Å²) < 4.78 is 57.5.